The van der Waals surface area contributed by atoms with Gasteiger partial charge in [-0.05, 0) is 31.0 Å². The first kappa shape index (κ1) is 18.2. The van der Waals surface area contributed by atoms with E-state index >= 15 is 0 Å². The van der Waals surface area contributed by atoms with E-state index in [9.17, 15) is 9.90 Å². The van der Waals surface area contributed by atoms with Crippen molar-refractivity contribution >= 4 is 34.0 Å². The molecule has 0 atom stereocenters. The van der Waals surface area contributed by atoms with E-state index < -0.39 is 5.91 Å². The number of phenolic OH excluding ortho intramolecular Hbond substituents is 1. The number of fused-ring (bicyclic) bond motifs is 1. The zero-order valence-electron chi connectivity index (χ0n) is 14.3. The fraction of sp³-hybridized carbons (Fsp3) is 0.0455. The Bertz CT molecular complexity index is 1150. The number of carbonyl (C=O) groups excluding carboxylic acids is 1. The minimum absolute atomic E-state index is 0.0481. The molecule has 0 fully saturated rings. The molecule has 0 aromatic heterocycles. The van der Waals surface area contributed by atoms with Crippen LogP contribution in [0.5, 0.6) is 11.5 Å². The number of hydrogen-bond donors (Lipinski definition) is 2. The SMILES string of the molecule is CC#CC#COc1cc(C(=O)Nc2ccccc2Cl)c(O)c2ccccc12. The third-order valence-corrected chi connectivity index (χ3v) is 4.07. The summed E-state index contributed by atoms with van der Waals surface area (Å²) in [6, 6.07) is 15.3. The van der Waals surface area contributed by atoms with Gasteiger partial charge in [0.2, 0.25) is 0 Å². The minimum Gasteiger partial charge on any atom is -0.506 e. The smallest absolute Gasteiger partial charge is 0.259 e. The van der Waals surface area contributed by atoms with E-state index in [0.29, 0.717) is 27.2 Å². The highest BCUT2D eigenvalue weighted by molar-refractivity contribution is 6.34. The van der Waals surface area contributed by atoms with Crippen molar-refractivity contribution in [3.8, 4) is 35.4 Å². The first-order valence-corrected chi connectivity index (χ1v) is 8.38. The van der Waals surface area contributed by atoms with E-state index in [-0.39, 0.29) is 11.3 Å². The summed E-state index contributed by atoms with van der Waals surface area (Å²) in [5.41, 5.74) is 0.490. The number of rotatable bonds is 3. The van der Waals surface area contributed by atoms with E-state index in [4.69, 9.17) is 16.3 Å². The minimum atomic E-state index is -0.516. The van der Waals surface area contributed by atoms with Crippen LogP contribution >= 0.6 is 11.6 Å². The van der Waals surface area contributed by atoms with E-state index in [1.165, 1.54) is 6.07 Å². The molecular weight excluding hydrogens is 362 g/mol. The summed E-state index contributed by atoms with van der Waals surface area (Å²) in [5, 5.41) is 14.8. The number of hydrogen-bond acceptors (Lipinski definition) is 3. The number of para-hydroxylation sites is 1. The molecular formula is C22H14ClNO3. The Morgan fingerprint density at radius 2 is 1.78 bits per heavy atom. The monoisotopic (exact) mass is 375 g/mol. The van der Waals surface area contributed by atoms with Gasteiger partial charge in [-0.15, -0.1) is 0 Å². The Kier molecular flexibility index (Phi) is 5.52. The fourth-order valence-corrected chi connectivity index (χ4v) is 2.69. The molecule has 2 N–H and O–H groups in total. The van der Waals surface area contributed by atoms with Gasteiger partial charge in [-0.25, -0.2) is 0 Å². The molecule has 0 unspecified atom stereocenters. The molecule has 132 valence electrons. The zero-order chi connectivity index (χ0) is 19.2. The van der Waals surface area contributed by atoms with Crippen LogP contribution in [0.4, 0.5) is 5.69 Å². The van der Waals surface area contributed by atoms with Gasteiger partial charge in [0.15, 0.2) is 0 Å². The Hall–Kier alpha value is -3.60. The van der Waals surface area contributed by atoms with E-state index in [1.807, 2.05) is 0 Å². The molecule has 0 aliphatic carbocycles. The van der Waals surface area contributed by atoms with Gasteiger partial charge in [-0.2, -0.15) is 0 Å². The van der Waals surface area contributed by atoms with Gasteiger partial charge in [0.1, 0.15) is 17.6 Å². The Morgan fingerprint density at radius 3 is 2.52 bits per heavy atom. The zero-order valence-corrected chi connectivity index (χ0v) is 15.1. The summed E-state index contributed by atoms with van der Waals surface area (Å²) in [5.74, 6) is 7.44. The second-order valence-electron chi connectivity index (χ2n) is 5.45. The van der Waals surface area contributed by atoms with Gasteiger partial charge < -0.3 is 15.2 Å². The summed E-state index contributed by atoms with van der Waals surface area (Å²) in [4.78, 5) is 12.7. The molecule has 0 heterocycles. The van der Waals surface area contributed by atoms with Gasteiger partial charge in [0.05, 0.1) is 16.3 Å². The fourth-order valence-electron chi connectivity index (χ4n) is 2.51. The number of ether oxygens (including phenoxy) is 1. The van der Waals surface area contributed by atoms with Gasteiger partial charge in [0.25, 0.3) is 5.91 Å². The number of benzene rings is 3. The lowest BCUT2D eigenvalue weighted by atomic mass is 10.0. The molecule has 0 aliphatic heterocycles. The number of carbonyl (C=O) groups is 1. The summed E-state index contributed by atoms with van der Waals surface area (Å²) in [6.45, 7) is 1.67. The molecule has 0 bridgehead atoms. The lowest BCUT2D eigenvalue weighted by molar-refractivity contribution is 0.102. The molecule has 0 spiro atoms. The number of halogens is 1. The quantitative estimate of drug-likeness (QED) is 0.645. The summed E-state index contributed by atoms with van der Waals surface area (Å²) in [7, 11) is 0. The van der Waals surface area contributed by atoms with Crippen LogP contribution in [0.1, 0.15) is 17.3 Å². The van der Waals surface area contributed by atoms with Crippen molar-refractivity contribution in [3.63, 3.8) is 0 Å². The molecule has 4 nitrogen and oxygen atoms in total. The molecule has 0 aliphatic rings. The lowest BCUT2D eigenvalue weighted by Gasteiger charge is -2.12. The van der Waals surface area contributed by atoms with Crippen LogP contribution in [0.15, 0.2) is 54.6 Å². The van der Waals surface area contributed by atoms with Gasteiger partial charge in [-0.3, -0.25) is 4.79 Å². The number of phenols is 1. The van der Waals surface area contributed by atoms with Crippen molar-refractivity contribution in [3.05, 3.63) is 65.2 Å². The summed E-state index contributed by atoms with van der Waals surface area (Å²) in [6.07, 6.45) is 2.48. The van der Waals surface area contributed by atoms with Crippen molar-refractivity contribution < 1.29 is 14.6 Å². The maximum atomic E-state index is 12.7. The molecule has 3 aromatic carbocycles. The van der Waals surface area contributed by atoms with E-state index in [0.717, 1.165) is 0 Å². The number of anilines is 1. The van der Waals surface area contributed by atoms with Gasteiger partial charge in [-0.1, -0.05) is 53.9 Å². The van der Waals surface area contributed by atoms with Crippen molar-refractivity contribution in [2.24, 2.45) is 0 Å². The summed E-state index contributed by atoms with van der Waals surface area (Å²) >= 11 is 6.09. The highest BCUT2D eigenvalue weighted by atomic mass is 35.5. The highest BCUT2D eigenvalue weighted by Crippen LogP contribution is 2.36. The molecule has 3 rings (SSSR count). The van der Waals surface area contributed by atoms with Crippen LogP contribution in [0.3, 0.4) is 0 Å². The Morgan fingerprint density at radius 1 is 1.07 bits per heavy atom. The predicted octanol–water partition coefficient (Wildman–Crippen LogP) is 4.81. The Balaban J connectivity index is 2.05. The van der Waals surface area contributed by atoms with Crippen molar-refractivity contribution in [2.75, 3.05) is 5.32 Å². The van der Waals surface area contributed by atoms with Crippen LogP contribution in [0.25, 0.3) is 10.8 Å². The first-order chi connectivity index (χ1) is 13.1. The summed E-state index contributed by atoms with van der Waals surface area (Å²) < 4.78 is 5.46. The molecule has 3 aromatic rings. The largest absolute Gasteiger partial charge is 0.506 e. The molecule has 27 heavy (non-hydrogen) atoms. The maximum Gasteiger partial charge on any atom is 0.259 e. The molecule has 5 heteroatoms. The maximum absolute atomic E-state index is 12.7. The standard InChI is InChI=1S/C22H14ClNO3/c1-2-3-8-13-27-20-14-17(21(25)16-10-5-4-9-15(16)20)22(26)24-19-12-7-6-11-18(19)23/h4-7,9-12,14,25H,1H3,(H,24,26). The van der Waals surface area contributed by atoms with Crippen LogP contribution in [-0.4, -0.2) is 11.0 Å². The van der Waals surface area contributed by atoms with Crippen molar-refractivity contribution in [2.45, 2.75) is 6.92 Å². The molecule has 0 saturated heterocycles. The van der Waals surface area contributed by atoms with Crippen LogP contribution < -0.4 is 10.1 Å². The van der Waals surface area contributed by atoms with E-state index in [1.54, 1.807) is 55.5 Å². The average molecular weight is 376 g/mol. The van der Waals surface area contributed by atoms with Gasteiger partial charge in [0, 0.05) is 16.7 Å². The third-order valence-electron chi connectivity index (χ3n) is 3.74. The van der Waals surface area contributed by atoms with Gasteiger partial charge >= 0.3 is 0 Å². The van der Waals surface area contributed by atoms with Crippen molar-refractivity contribution in [1.82, 2.24) is 0 Å². The number of amides is 1. The van der Waals surface area contributed by atoms with Crippen molar-refractivity contribution in [1.29, 1.82) is 0 Å². The van der Waals surface area contributed by atoms with Crippen LogP contribution in [0, 0.1) is 23.9 Å². The third kappa shape index (κ3) is 3.98. The molecule has 0 saturated carbocycles. The number of nitrogens with one attached hydrogen (secondary N) is 1. The topological polar surface area (TPSA) is 58.6 Å². The number of aromatic hydroxyl groups is 1. The Labute approximate surface area is 161 Å². The molecule has 1 amide bonds. The predicted molar refractivity (Wildman–Crippen MR) is 107 cm³/mol. The molecule has 0 radical (unpaired) electrons. The first-order valence-electron chi connectivity index (χ1n) is 8.01. The second-order valence-corrected chi connectivity index (χ2v) is 5.86. The lowest BCUT2D eigenvalue weighted by Crippen LogP contribution is -2.12. The second kappa shape index (κ2) is 8.19. The normalized spacial score (nSPS) is 9.56. The van der Waals surface area contributed by atoms with E-state index in [2.05, 4.69) is 29.2 Å². The van der Waals surface area contributed by atoms with Crippen LogP contribution in [-0.2, 0) is 0 Å². The average Bonchev–Trinajstić information content (AvgIpc) is 2.68. The van der Waals surface area contributed by atoms with Crippen LogP contribution in [0.2, 0.25) is 5.02 Å². The highest BCUT2D eigenvalue weighted by Gasteiger charge is 2.18.